The number of H-pyrrole nitrogens is 2. The summed E-state index contributed by atoms with van der Waals surface area (Å²) in [5, 5.41) is 12.5. The summed E-state index contributed by atoms with van der Waals surface area (Å²) in [4.78, 5) is 9.64. The molecule has 1 unspecified atom stereocenters. The highest BCUT2D eigenvalue weighted by molar-refractivity contribution is 5.91. The SMILES string of the molecule is COc1cc2cc(CN3CCCC(CCc4cc5cc(OC)c(OC)c(OC)c5[nH]4)CC3)[nH]c2c(C)c1O. The number of nitrogens with one attached hydrogen (secondary N) is 2. The minimum absolute atomic E-state index is 0.206. The Kier molecular flexibility index (Phi) is 7.61. The number of methoxy groups -OCH3 is 4. The first-order chi connectivity index (χ1) is 18.4. The molecule has 0 amide bonds. The molecule has 3 heterocycles. The van der Waals surface area contributed by atoms with Gasteiger partial charge in [0.1, 0.15) is 0 Å². The Morgan fingerprint density at radius 2 is 1.50 bits per heavy atom. The van der Waals surface area contributed by atoms with Crippen molar-refractivity contribution in [2.24, 2.45) is 5.92 Å². The smallest absolute Gasteiger partial charge is 0.205 e. The van der Waals surface area contributed by atoms with Crippen molar-refractivity contribution >= 4 is 21.8 Å². The number of phenolic OH excluding ortho intramolecular Hbond substituents is 1. The van der Waals surface area contributed by atoms with Crippen LogP contribution >= 0.6 is 0 Å². The molecule has 1 aliphatic heterocycles. The maximum absolute atomic E-state index is 10.4. The molecule has 0 aliphatic carbocycles. The lowest BCUT2D eigenvalue weighted by Gasteiger charge is -2.19. The molecule has 0 spiro atoms. The summed E-state index contributed by atoms with van der Waals surface area (Å²) in [6.45, 7) is 4.99. The summed E-state index contributed by atoms with van der Waals surface area (Å²) in [5.74, 6) is 3.39. The number of aromatic hydroxyl groups is 1. The fourth-order valence-electron chi connectivity index (χ4n) is 5.92. The number of hydrogen-bond donors (Lipinski definition) is 3. The second-order valence-corrected chi connectivity index (χ2v) is 10.3. The number of phenols is 1. The van der Waals surface area contributed by atoms with E-state index in [2.05, 4.69) is 27.0 Å². The summed E-state index contributed by atoms with van der Waals surface area (Å²) in [6.07, 6.45) is 5.80. The zero-order valence-corrected chi connectivity index (χ0v) is 23.1. The average Bonchev–Trinajstić information content (AvgIpc) is 3.46. The second-order valence-electron chi connectivity index (χ2n) is 10.3. The van der Waals surface area contributed by atoms with Gasteiger partial charge in [-0.3, -0.25) is 4.90 Å². The predicted molar refractivity (Wildman–Crippen MR) is 150 cm³/mol. The molecule has 8 heteroatoms. The maximum Gasteiger partial charge on any atom is 0.205 e. The van der Waals surface area contributed by atoms with E-state index in [4.69, 9.17) is 18.9 Å². The average molecular weight is 522 g/mol. The van der Waals surface area contributed by atoms with E-state index in [0.29, 0.717) is 28.9 Å². The molecule has 0 bridgehead atoms. The molecule has 1 aliphatic rings. The van der Waals surface area contributed by atoms with Crippen LogP contribution in [0.25, 0.3) is 21.8 Å². The van der Waals surface area contributed by atoms with E-state index in [9.17, 15) is 5.11 Å². The number of nitrogens with zero attached hydrogens (tertiary/aromatic N) is 1. The van der Waals surface area contributed by atoms with Crippen LogP contribution in [0.3, 0.4) is 0 Å². The van der Waals surface area contributed by atoms with Crippen molar-refractivity contribution < 1.29 is 24.1 Å². The van der Waals surface area contributed by atoms with Gasteiger partial charge in [-0.1, -0.05) is 0 Å². The first-order valence-corrected chi connectivity index (χ1v) is 13.4. The van der Waals surface area contributed by atoms with Crippen molar-refractivity contribution in [2.75, 3.05) is 41.5 Å². The van der Waals surface area contributed by atoms with E-state index in [-0.39, 0.29) is 5.75 Å². The number of aryl methyl sites for hydroxylation is 2. The maximum atomic E-state index is 10.4. The predicted octanol–water partition coefficient (Wildman–Crippen LogP) is 5.93. The first-order valence-electron chi connectivity index (χ1n) is 13.4. The van der Waals surface area contributed by atoms with Crippen molar-refractivity contribution in [3.63, 3.8) is 0 Å². The Labute approximate surface area is 223 Å². The number of fused-ring (bicyclic) bond motifs is 2. The van der Waals surface area contributed by atoms with Gasteiger partial charge in [-0.15, -0.1) is 0 Å². The molecular formula is C30H39N3O5. The molecule has 38 heavy (non-hydrogen) atoms. The van der Waals surface area contributed by atoms with E-state index in [1.165, 1.54) is 30.7 Å². The first kappa shape index (κ1) is 26.1. The zero-order valence-electron chi connectivity index (χ0n) is 23.1. The molecule has 1 atom stereocenters. The Bertz CT molecular complexity index is 1420. The van der Waals surface area contributed by atoms with Gasteiger partial charge in [0, 0.05) is 34.3 Å². The fourth-order valence-corrected chi connectivity index (χ4v) is 5.92. The Balaban J connectivity index is 1.22. The minimum Gasteiger partial charge on any atom is -0.504 e. The Morgan fingerprint density at radius 1 is 0.816 bits per heavy atom. The molecular weight excluding hydrogens is 482 g/mol. The fraction of sp³-hybridized carbons (Fsp3) is 0.467. The van der Waals surface area contributed by atoms with E-state index in [1.807, 2.05) is 19.1 Å². The molecule has 1 saturated heterocycles. The van der Waals surface area contributed by atoms with Gasteiger partial charge in [0.15, 0.2) is 23.0 Å². The van der Waals surface area contributed by atoms with Gasteiger partial charge in [-0.2, -0.15) is 0 Å². The van der Waals surface area contributed by atoms with E-state index < -0.39 is 0 Å². The second kappa shape index (κ2) is 11.1. The van der Waals surface area contributed by atoms with Crippen LogP contribution in [0, 0.1) is 12.8 Å². The topological polar surface area (TPSA) is 92.0 Å². The molecule has 4 aromatic rings. The molecule has 0 saturated carbocycles. The summed E-state index contributed by atoms with van der Waals surface area (Å²) < 4.78 is 22.0. The molecule has 8 nitrogen and oxygen atoms in total. The van der Waals surface area contributed by atoms with E-state index >= 15 is 0 Å². The molecule has 3 N–H and O–H groups in total. The lowest BCUT2D eigenvalue weighted by molar-refractivity contribution is 0.269. The van der Waals surface area contributed by atoms with Gasteiger partial charge in [0.05, 0.1) is 39.5 Å². The third-order valence-corrected chi connectivity index (χ3v) is 8.01. The lowest BCUT2D eigenvalue weighted by atomic mass is 9.94. The van der Waals surface area contributed by atoms with E-state index in [0.717, 1.165) is 59.8 Å². The van der Waals surface area contributed by atoms with Crippen LogP contribution in [-0.2, 0) is 13.0 Å². The summed E-state index contributed by atoms with van der Waals surface area (Å²) in [5.41, 5.74) is 5.14. The molecule has 2 aromatic heterocycles. The molecule has 2 aromatic carbocycles. The quantitative estimate of drug-likeness (QED) is 0.253. The van der Waals surface area contributed by atoms with Gasteiger partial charge in [0.25, 0.3) is 0 Å². The highest BCUT2D eigenvalue weighted by atomic mass is 16.5. The third-order valence-electron chi connectivity index (χ3n) is 8.01. The standard InChI is InChI=1S/C30H39N3O5/c1-18-26-20(15-24(35-2)28(18)34)14-23(32-26)17-33-11-6-7-19(10-12-33)8-9-22-13-21-16-25(36-3)29(37-4)30(38-5)27(21)31-22/h13-16,19,31-32,34H,6-12,17H2,1-5H3. The van der Waals surface area contributed by atoms with Crippen LogP contribution in [0.5, 0.6) is 28.7 Å². The van der Waals surface area contributed by atoms with Gasteiger partial charge in [-0.25, -0.2) is 0 Å². The number of likely N-dealkylation sites (tertiary alicyclic amines) is 1. The molecule has 0 radical (unpaired) electrons. The Morgan fingerprint density at radius 3 is 2.24 bits per heavy atom. The molecule has 1 fully saturated rings. The largest absolute Gasteiger partial charge is 0.504 e. The molecule has 5 rings (SSSR count). The van der Waals surface area contributed by atoms with Gasteiger partial charge >= 0.3 is 0 Å². The van der Waals surface area contributed by atoms with Crippen molar-refractivity contribution in [1.82, 2.24) is 14.9 Å². The third kappa shape index (κ3) is 4.97. The monoisotopic (exact) mass is 521 g/mol. The van der Waals surface area contributed by atoms with Gasteiger partial charge < -0.3 is 34.0 Å². The minimum atomic E-state index is 0.206. The van der Waals surface area contributed by atoms with Crippen LogP contribution in [0.15, 0.2) is 24.3 Å². The number of benzene rings is 2. The summed E-state index contributed by atoms with van der Waals surface area (Å²) in [7, 11) is 6.52. The molecule has 204 valence electrons. The summed E-state index contributed by atoms with van der Waals surface area (Å²) in [6, 6.07) is 8.29. The van der Waals surface area contributed by atoms with Gasteiger partial charge in [-0.05, 0) is 82.3 Å². The highest BCUT2D eigenvalue weighted by Crippen LogP contribution is 2.43. The number of aromatic nitrogens is 2. The van der Waals surface area contributed by atoms with E-state index in [1.54, 1.807) is 28.4 Å². The lowest BCUT2D eigenvalue weighted by Crippen LogP contribution is -2.24. The number of ether oxygens (including phenoxy) is 4. The summed E-state index contributed by atoms with van der Waals surface area (Å²) >= 11 is 0. The van der Waals surface area contributed by atoms with Crippen LogP contribution in [0.4, 0.5) is 0 Å². The Hall–Kier alpha value is -3.52. The van der Waals surface area contributed by atoms with Crippen LogP contribution in [-0.4, -0.2) is 61.5 Å². The van der Waals surface area contributed by atoms with Crippen LogP contribution in [0.1, 0.15) is 42.6 Å². The number of aromatic amines is 2. The van der Waals surface area contributed by atoms with Crippen molar-refractivity contribution in [3.8, 4) is 28.7 Å². The van der Waals surface area contributed by atoms with Crippen molar-refractivity contribution in [1.29, 1.82) is 0 Å². The van der Waals surface area contributed by atoms with Crippen molar-refractivity contribution in [2.45, 2.75) is 45.6 Å². The zero-order chi connectivity index (χ0) is 26.8. The van der Waals surface area contributed by atoms with Gasteiger partial charge in [0.2, 0.25) is 5.75 Å². The van der Waals surface area contributed by atoms with Crippen molar-refractivity contribution in [3.05, 3.63) is 41.2 Å². The number of hydrogen-bond acceptors (Lipinski definition) is 6. The number of rotatable bonds is 9. The van der Waals surface area contributed by atoms with Crippen LogP contribution in [0.2, 0.25) is 0 Å². The highest BCUT2D eigenvalue weighted by Gasteiger charge is 2.21. The normalized spacial score (nSPS) is 16.6. The van der Waals surface area contributed by atoms with Crippen LogP contribution < -0.4 is 18.9 Å².